The van der Waals surface area contributed by atoms with Crippen LogP contribution < -0.4 is 19.1 Å². The Hall–Kier alpha value is -5.20. The zero-order valence-corrected chi connectivity index (χ0v) is 40.0. The molecule has 346 valence electrons. The number of sulfonamides is 1. The lowest BCUT2D eigenvalue weighted by atomic mass is 9.72. The molecule has 2 aliphatic heterocycles. The molecule has 15 nitrogen and oxygen atoms in total. The zero-order valence-electron chi connectivity index (χ0n) is 37.6. The molecule has 1 atom stereocenters. The van der Waals surface area contributed by atoms with Crippen LogP contribution in [0.2, 0.25) is 5.02 Å². The van der Waals surface area contributed by atoms with Crippen LogP contribution in [0.25, 0.3) is 16.6 Å². The number of aromatic amines is 1. The van der Waals surface area contributed by atoms with Crippen molar-refractivity contribution >= 4 is 67.3 Å². The lowest BCUT2D eigenvalue weighted by molar-refractivity contribution is -0.175. The van der Waals surface area contributed by atoms with Crippen LogP contribution >= 0.6 is 22.9 Å². The summed E-state index contributed by atoms with van der Waals surface area (Å²) in [5.74, 6) is -0.335. The Kier molecular flexibility index (Phi) is 13.0. The number of carbonyl (C=O) groups is 2. The molecule has 8 rings (SSSR count). The number of imidazole rings is 1. The van der Waals surface area contributed by atoms with Gasteiger partial charge in [-0.05, 0) is 84.6 Å². The molecule has 2 aromatic heterocycles. The molecule has 2 fully saturated rings. The number of morpholine rings is 1. The minimum atomic E-state index is -4.46. The van der Waals surface area contributed by atoms with Crippen molar-refractivity contribution in [2.45, 2.75) is 70.6 Å². The molecule has 3 N–H and O–H groups in total. The Morgan fingerprint density at radius 1 is 1.03 bits per heavy atom. The van der Waals surface area contributed by atoms with Gasteiger partial charge in [0, 0.05) is 56.0 Å². The molecule has 0 saturated carbocycles. The highest BCUT2D eigenvalue weighted by Crippen LogP contribution is 2.44. The number of allylic oxidation sites excluding steroid dienone is 1. The summed E-state index contributed by atoms with van der Waals surface area (Å²) in [6.07, 6.45) is 3.70. The first-order chi connectivity index (χ1) is 30.8. The molecule has 0 radical (unpaired) electrons. The van der Waals surface area contributed by atoms with Crippen LogP contribution in [0.3, 0.4) is 0 Å². The van der Waals surface area contributed by atoms with Gasteiger partial charge in [0.1, 0.15) is 23.5 Å². The fraction of sp³-hybridized carbons (Fsp3) is 0.447. The number of carboxylic acid groups (broad SMARTS) is 1. The molecule has 1 aliphatic carbocycles. The summed E-state index contributed by atoms with van der Waals surface area (Å²) in [5.41, 5.74) is 5.04. The van der Waals surface area contributed by atoms with Crippen LogP contribution in [0, 0.1) is 17.8 Å². The zero-order chi connectivity index (χ0) is 46.3. The summed E-state index contributed by atoms with van der Waals surface area (Å²) in [4.78, 5) is 43.9. The molecule has 0 unspecified atom stereocenters. The number of para-hydroxylation sites is 1. The lowest BCUT2D eigenvalue weighted by Crippen LogP contribution is -2.62. The fourth-order valence-electron chi connectivity index (χ4n) is 8.79. The van der Waals surface area contributed by atoms with Crippen molar-refractivity contribution in [2.24, 2.45) is 10.8 Å². The average Bonchev–Trinajstić information content (AvgIpc) is 3.91. The number of amides is 2. The largest absolute Gasteiger partial charge is 0.467 e. The number of halogens is 1. The minimum absolute atomic E-state index is 0.00795. The molecule has 4 heterocycles. The van der Waals surface area contributed by atoms with Crippen LogP contribution in [0.5, 0.6) is 16.7 Å². The number of anilines is 1. The molecule has 0 spiro atoms. The molecule has 2 amide bonds. The number of aryl methyl sites for hydroxylation is 1. The minimum Gasteiger partial charge on any atom is -0.467 e. The molecule has 5 aromatic rings. The van der Waals surface area contributed by atoms with Crippen molar-refractivity contribution in [3.63, 3.8) is 0 Å². The molecule has 2 saturated heterocycles. The van der Waals surface area contributed by atoms with Gasteiger partial charge in [-0.1, -0.05) is 81.3 Å². The number of carbonyl (C=O) groups excluding carboxylic acids is 1. The number of nitrogens with zero attached hydrogens (tertiary/aromatic N) is 5. The average molecular weight is 947 g/mol. The maximum atomic E-state index is 14.1. The van der Waals surface area contributed by atoms with Crippen LogP contribution in [0.1, 0.15) is 75.5 Å². The SMILES string of the molecule is Cc1nc(OC[C@]2(C(C)(C)C)CN(C(=O)O)CCO2)sc1S(=O)(=O)NC(=O)c1ccc(N2CCN(CC3=C(c4ccc(Cl)cc4)CC(C)(C)CC3)CC2)cc1Oc1cccc2[nH]cnc12. The standard InChI is InChI=1S/C47H56ClN7O8S2/c1-30-42(64-43(51-30)61-28-47(45(2,3)4)27-55(44(57)58)22-23-62-47)65(59,60)52-41(56)35-15-14-34(24-39(35)63-38-9-7-8-37-40(38)50-29-49-37)54-20-18-53(19-21-54)26-32-16-17-46(5,6)25-36(32)31-10-12-33(48)13-11-31/h7-15,24,29H,16-23,25-28H2,1-6H3,(H,49,50)(H,52,56)(H,57,58)/t47-/m0/s1. The Morgan fingerprint density at radius 3 is 2.51 bits per heavy atom. The van der Waals surface area contributed by atoms with Gasteiger partial charge in [-0.15, -0.1) is 0 Å². The highest BCUT2D eigenvalue weighted by molar-refractivity contribution is 7.92. The number of piperazine rings is 1. The number of aromatic nitrogens is 3. The molecular formula is C47H56ClN7O8S2. The third kappa shape index (κ3) is 10.1. The number of fused-ring (bicyclic) bond motifs is 1. The highest BCUT2D eigenvalue weighted by Gasteiger charge is 2.49. The van der Waals surface area contributed by atoms with E-state index in [4.69, 9.17) is 25.8 Å². The van der Waals surface area contributed by atoms with Crippen LogP contribution in [0.15, 0.2) is 76.8 Å². The molecule has 3 aromatic carbocycles. The Balaban J connectivity index is 1.00. The van der Waals surface area contributed by atoms with Crippen molar-refractivity contribution < 1.29 is 37.3 Å². The van der Waals surface area contributed by atoms with Gasteiger partial charge >= 0.3 is 6.09 Å². The van der Waals surface area contributed by atoms with E-state index in [-0.39, 0.29) is 58.1 Å². The first-order valence-corrected chi connectivity index (χ1v) is 24.4. The maximum absolute atomic E-state index is 14.1. The first kappa shape index (κ1) is 46.3. The van der Waals surface area contributed by atoms with Gasteiger partial charge in [0.15, 0.2) is 9.96 Å². The van der Waals surface area contributed by atoms with E-state index in [0.717, 1.165) is 79.5 Å². The van der Waals surface area contributed by atoms with E-state index in [9.17, 15) is 23.1 Å². The predicted octanol–water partition coefficient (Wildman–Crippen LogP) is 8.85. The first-order valence-electron chi connectivity index (χ1n) is 21.8. The van der Waals surface area contributed by atoms with Gasteiger partial charge in [0.05, 0.1) is 36.3 Å². The van der Waals surface area contributed by atoms with E-state index in [2.05, 4.69) is 55.5 Å². The molecule has 0 bridgehead atoms. The van der Waals surface area contributed by atoms with E-state index >= 15 is 0 Å². The van der Waals surface area contributed by atoms with E-state index in [1.807, 2.05) is 51.1 Å². The third-order valence-electron chi connectivity index (χ3n) is 12.8. The Morgan fingerprint density at radius 2 is 1.78 bits per heavy atom. The summed E-state index contributed by atoms with van der Waals surface area (Å²) in [6, 6.07) is 18.8. The molecule has 18 heteroatoms. The summed E-state index contributed by atoms with van der Waals surface area (Å²) < 4.78 is 48.6. The van der Waals surface area contributed by atoms with E-state index in [1.54, 1.807) is 24.5 Å². The molecular weight excluding hydrogens is 890 g/mol. The van der Waals surface area contributed by atoms with Gasteiger partial charge < -0.3 is 34.1 Å². The quantitative estimate of drug-likeness (QED) is 0.108. The molecule has 65 heavy (non-hydrogen) atoms. The van der Waals surface area contributed by atoms with E-state index in [1.165, 1.54) is 28.5 Å². The van der Waals surface area contributed by atoms with Crippen molar-refractivity contribution in [1.82, 2.24) is 29.5 Å². The van der Waals surface area contributed by atoms with E-state index < -0.39 is 33.0 Å². The van der Waals surface area contributed by atoms with Crippen molar-refractivity contribution in [2.75, 3.05) is 63.9 Å². The number of ether oxygens (including phenoxy) is 3. The summed E-state index contributed by atoms with van der Waals surface area (Å²) >= 11 is 7.02. The lowest BCUT2D eigenvalue weighted by Gasteiger charge is -2.48. The van der Waals surface area contributed by atoms with Gasteiger partial charge in [-0.3, -0.25) is 9.69 Å². The number of hydrogen-bond acceptors (Lipinski definition) is 12. The second kappa shape index (κ2) is 18.2. The summed E-state index contributed by atoms with van der Waals surface area (Å²) in [7, 11) is -4.46. The summed E-state index contributed by atoms with van der Waals surface area (Å²) in [5, 5.41) is 10.5. The Labute approximate surface area is 388 Å². The van der Waals surface area contributed by atoms with Crippen molar-refractivity contribution in [3.8, 4) is 16.7 Å². The van der Waals surface area contributed by atoms with Gasteiger partial charge in [0.2, 0.25) is 0 Å². The van der Waals surface area contributed by atoms with Crippen LogP contribution in [0.4, 0.5) is 10.5 Å². The highest BCUT2D eigenvalue weighted by atomic mass is 35.5. The number of thiazole rings is 1. The van der Waals surface area contributed by atoms with Gasteiger partial charge in [0.25, 0.3) is 21.1 Å². The number of benzene rings is 3. The third-order valence-corrected chi connectivity index (χ3v) is 16.1. The number of nitrogens with one attached hydrogen (secondary N) is 2. The maximum Gasteiger partial charge on any atom is 0.407 e. The van der Waals surface area contributed by atoms with Crippen LogP contribution in [-0.4, -0.2) is 115 Å². The summed E-state index contributed by atoms with van der Waals surface area (Å²) in [6.45, 7) is 16.4. The second-order valence-electron chi connectivity index (χ2n) is 18.9. The number of rotatable bonds is 12. The van der Waals surface area contributed by atoms with E-state index in [0.29, 0.717) is 11.3 Å². The Bertz CT molecular complexity index is 2720. The number of hydrogen-bond donors (Lipinski definition) is 3. The van der Waals surface area contributed by atoms with Crippen molar-refractivity contribution in [3.05, 3.63) is 94.4 Å². The smallest absolute Gasteiger partial charge is 0.407 e. The second-order valence-corrected chi connectivity index (χ2v) is 22.2. The van der Waals surface area contributed by atoms with Gasteiger partial charge in [-0.2, -0.15) is 0 Å². The van der Waals surface area contributed by atoms with Crippen molar-refractivity contribution in [1.29, 1.82) is 0 Å². The normalized spacial score (nSPS) is 19.7. The topological polar surface area (TPSA) is 180 Å². The fourth-order valence-corrected chi connectivity index (χ4v) is 11.2. The monoisotopic (exact) mass is 945 g/mol. The van der Waals surface area contributed by atoms with Gasteiger partial charge in [-0.25, -0.2) is 27.9 Å². The molecule has 3 aliphatic rings. The van der Waals surface area contributed by atoms with Crippen LogP contribution in [-0.2, 0) is 14.8 Å². The predicted molar refractivity (Wildman–Crippen MR) is 252 cm³/mol. The number of H-pyrrole nitrogens is 1.